The molecule has 0 saturated carbocycles. The van der Waals surface area contributed by atoms with E-state index < -0.39 is 28.4 Å². The molecule has 4 rings (SSSR count). The number of benzene rings is 2. The van der Waals surface area contributed by atoms with Gasteiger partial charge in [-0.05, 0) is 28.7 Å². The van der Waals surface area contributed by atoms with Crippen molar-refractivity contribution < 1.29 is 24.0 Å². The highest BCUT2D eigenvalue weighted by Gasteiger charge is 2.46. The van der Waals surface area contributed by atoms with Crippen LogP contribution in [-0.4, -0.2) is 26.6 Å². The van der Waals surface area contributed by atoms with E-state index in [0.717, 1.165) is 5.56 Å². The molecule has 1 amide bonds. The second kappa shape index (κ2) is 8.62. The van der Waals surface area contributed by atoms with Crippen LogP contribution in [0.2, 0.25) is 0 Å². The van der Waals surface area contributed by atoms with E-state index in [1.165, 1.54) is 35.4 Å². The van der Waals surface area contributed by atoms with Gasteiger partial charge in [0, 0.05) is 17.7 Å². The number of non-ortho nitro benzene ring substituents is 1. The number of carbonyl (C=O) groups excluding carboxylic acids is 2. The number of carbonyl (C=O) groups is 2. The van der Waals surface area contributed by atoms with Gasteiger partial charge in [0.2, 0.25) is 0 Å². The van der Waals surface area contributed by atoms with Crippen molar-refractivity contribution in [1.29, 1.82) is 0 Å². The number of nitro groups is 1. The van der Waals surface area contributed by atoms with Crippen LogP contribution in [0.25, 0.3) is 5.76 Å². The molecular weight excluding hydrogens is 436 g/mol. The normalized spacial score (nSPS) is 17.9. The molecular formula is C26H24N2O6. The van der Waals surface area contributed by atoms with Crippen molar-refractivity contribution in [2.75, 3.05) is 0 Å². The highest BCUT2D eigenvalue weighted by atomic mass is 16.6. The summed E-state index contributed by atoms with van der Waals surface area (Å²) in [4.78, 5) is 38.1. The molecule has 0 radical (unpaired) electrons. The third-order valence-electron chi connectivity index (χ3n) is 5.87. The minimum Gasteiger partial charge on any atom is -0.507 e. The van der Waals surface area contributed by atoms with Crippen LogP contribution >= 0.6 is 0 Å². The maximum atomic E-state index is 13.1. The van der Waals surface area contributed by atoms with Crippen molar-refractivity contribution in [3.63, 3.8) is 0 Å². The molecule has 1 aromatic heterocycles. The summed E-state index contributed by atoms with van der Waals surface area (Å²) >= 11 is 0. The molecule has 1 N–H and O–H groups in total. The van der Waals surface area contributed by atoms with Gasteiger partial charge in [0.25, 0.3) is 17.4 Å². The number of rotatable bonds is 5. The van der Waals surface area contributed by atoms with Gasteiger partial charge in [-0.15, -0.1) is 0 Å². The summed E-state index contributed by atoms with van der Waals surface area (Å²) in [5.41, 5.74) is 1.32. The lowest BCUT2D eigenvalue weighted by Gasteiger charge is -2.26. The predicted octanol–water partition coefficient (Wildman–Crippen LogP) is 5.11. The lowest BCUT2D eigenvalue weighted by molar-refractivity contribution is -0.384. The van der Waals surface area contributed by atoms with Crippen LogP contribution in [0.15, 0.2) is 76.9 Å². The average molecular weight is 460 g/mol. The quantitative estimate of drug-likeness (QED) is 0.186. The largest absolute Gasteiger partial charge is 0.507 e. The van der Waals surface area contributed by atoms with Gasteiger partial charge in [0.1, 0.15) is 11.5 Å². The van der Waals surface area contributed by atoms with Crippen molar-refractivity contribution in [3.8, 4) is 0 Å². The molecule has 0 spiro atoms. The first-order valence-electron chi connectivity index (χ1n) is 10.7. The highest BCUT2D eigenvalue weighted by Crippen LogP contribution is 2.41. The third-order valence-corrected chi connectivity index (χ3v) is 5.87. The average Bonchev–Trinajstić information content (AvgIpc) is 3.40. The highest BCUT2D eigenvalue weighted by molar-refractivity contribution is 6.46. The number of ketones is 1. The summed E-state index contributed by atoms with van der Waals surface area (Å²) in [6.45, 7) is 6.25. The molecule has 1 atom stereocenters. The molecule has 1 fully saturated rings. The topological polar surface area (TPSA) is 114 Å². The van der Waals surface area contributed by atoms with Crippen LogP contribution in [0, 0.1) is 10.1 Å². The number of Topliss-reactive ketones (excluding diaryl/α,β-unsaturated/α-hetero) is 1. The predicted molar refractivity (Wildman–Crippen MR) is 125 cm³/mol. The summed E-state index contributed by atoms with van der Waals surface area (Å²) in [6, 6.07) is 15.3. The number of likely N-dealkylation sites (tertiary alicyclic amines) is 1. The van der Waals surface area contributed by atoms with Gasteiger partial charge in [-0.3, -0.25) is 19.7 Å². The van der Waals surface area contributed by atoms with Crippen LogP contribution in [0.3, 0.4) is 0 Å². The first-order valence-corrected chi connectivity index (χ1v) is 10.7. The molecule has 8 nitrogen and oxygen atoms in total. The molecule has 2 aromatic carbocycles. The van der Waals surface area contributed by atoms with E-state index in [9.17, 15) is 24.8 Å². The second-order valence-electron chi connectivity index (χ2n) is 9.19. The van der Waals surface area contributed by atoms with Gasteiger partial charge in [0.05, 0.1) is 29.3 Å². The summed E-state index contributed by atoms with van der Waals surface area (Å²) in [6.07, 6.45) is 1.47. The monoisotopic (exact) mass is 460 g/mol. The molecule has 1 aliphatic rings. The van der Waals surface area contributed by atoms with Crippen molar-refractivity contribution in [3.05, 3.63) is 105 Å². The zero-order valence-corrected chi connectivity index (χ0v) is 19.0. The van der Waals surface area contributed by atoms with E-state index in [4.69, 9.17) is 4.42 Å². The molecule has 0 aliphatic carbocycles. The maximum absolute atomic E-state index is 13.1. The van der Waals surface area contributed by atoms with E-state index in [1.807, 2.05) is 24.3 Å². The molecule has 3 aromatic rings. The molecule has 8 heteroatoms. The van der Waals surface area contributed by atoms with E-state index in [1.54, 1.807) is 12.1 Å². The smallest absolute Gasteiger partial charge is 0.296 e. The maximum Gasteiger partial charge on any atom is 0.296 e. The Balaban J connectivity index is 1.87. The van der Waals surface area contributed by atoms with E-state index in [2.05, 4.69) is 20.8 Å². The van der Waals surface area contributed by atoms with Crippen LogP contribution in [0.4, 0.5) is 5.69 Å². The Hall–Kier alpha value is -4.20. The summed E-state index contributed by atoms with van der Waals surface area (Å²) in [5.74, 6) is -1.63. The first-order chi connectivity index (χ1) is 16.1. The van der Waals surface area contributed by atoms with Gasteiger partial charge in [-0.1, -0.05) is 57.2 Å². The standard InChI is InChI=1S/C26H24N2O6/c1-26(2,3)18-11-9-16(10-12-18)22-21(23(29)17-6-4-7-19(14-17)28(32)33)24(30)25(31)27(22)15-20-8-5-13-34-20/h4-14,22,29H,15H2,1-3H3/t22-/m1/s1. The number of aliphatic hydroxyl groups is 1. The van der Waals surface area contributed by atoms with Gasteiger partial charge in [0.15, 0.2) is 0 Å². The summed E-state index contributed by atoms with van der Waals surface area (Å²) in [5, 5.41) is 22.3. The van der Waals surface area contributed by atoms with Crippen molar-refractivity contribution >= 4 is 23.1 Å². The zero-order chi connectivity index (χ0) is 24.6. The van der Waals surface area contributed by atoms with E-state index >= 15 is 0 Å². The van der Waals surface area contributed by atoms with Crippen LogP contribution in [-0.2, 0) is 21.5 Å². The molecule has 2 heterocycles. The van der Waals surface area contributed by atoms with Gasteiger partial charge in [-0.2, -0.15) is 0 Å². The SMILES string of the molecule is CC(C)(C)c1ccc([C@@H]2C(=C(O)c3cccc([N+](=O)[O-])c3)C(=O)C(=O)N2Cc2ccco2)cc1. The number of nitro benzene ring substituents is 1. The molecule has 1 aliphatic heterocycles. The molecule has 174 valence electrons. The zero-order valence-electron chi connectivity index (χ0n) is 19.0. The minimum atomic E-state index is -0.890. The number of amides is 1. The Labute approximate surface area is 196 Å². The Kier molecular flexibility index (Phi) is 5.83. The lowest BCUT2D eigenvalue weighted by atomic mass is 9.85. The fourth-order valence-electron chi connectivity index (χ4n) is 4.05. The van der Waals surface area contributed by atoms with Gasteiger partial charge < -0.3 is 14.4 Å². The first kappa shape index (κ1) is 23.0. The second-order valence-corrected chi connectivity index (χ2v) is 9.19. The number of hydrogen-bond acceptors (Lipinski definition) is 6. The Morgan fingerprint density at radius 1 is 1.09 bits per heavy atom. The number of aliphatic hydroxyl groups excluding tert-OH is 1. The fourth-order valence-corrected chi connectivity index (χ4v) is 4.05. The van der Waals surface area contributed by atoms with Crippen LogP contribution in [0.5, 0.6) is 0 Å². The Morgan fingerprint density at radius 2 is 1.79 bits per heavy atom. The summed E-state index contributed by atoms with van der Waals surface area (Å²) < 4.78 is 5.39. The van der Waals surface area contributed by atoms with E-state index in [-0.39, 0.29) is 28.8 Å². The van der Waals surface area contributed by atoms with Gasteiger partial charge >= 0.3 is 0 Å². The fraction of sp³-hybridized carbons (Fsp3) is 0.231. The number of furan rings is 1. The lowest BCUT2D eigenvalue weighted by Crippen LogP contribution is -2.29. The van der Waals surface area contributed by atoms with Crippen LogP contribution in [0.1, 0.15) is 49.3 Å². The molecule has 0 unspecified atom stereocenters. The number of nitrogens with zero attached hydrogens (tertiary/aromatic N) is 2. The molecule has 1 saturated heterocycles. The van der Waals surface area contributed by atoms with Crippen molar-refractivity contribution in [2.45, 2.75) is 38.8 Å². The Bertz CT molecular complexity index is 1280. The Morgan fingerprint density at radius 3 is 2.38 bits per heavy atom. The summed E-state index contributed by atoms with van der Waals surface area (Å²) in [7, 11) is 0. The molecule has 0 bridgehead atoms. The number of hydrogen-bond donors (Lipinski definition) is 1. The van der Waals surface area contributed by atoms with Crippen molar-refractivity contribution in [2.24, 2.45) is 0 Å². The van der Waals surface area contributed by atoms with Gasteiger partial charge in [-0.25, -0.2) is 0 Å². The third kappa shape index (κ3) is 4.22. The van der Waals surface area contributed by atoms with Crippen molar-refractivity contribution in [1.82, 2.24) is 4.90 Å². The van der Waals surface area contributed by atoms with E-state index in [0.29, 0.717) is 11.3 Å². The van der Waals surface area contributed by atoms with Crippen LogP contribution < -0.4 is 0 Å². The minimum absolute atomic E-state index is 0.0228. The molecule has 34 heavy (non-hydrogen) atoms.